The van der Waals surface area contributed by atoms with Crippen LogP contribution >= 0.6 is 0 Å². The van der Waals surface area contributed by atoms with Crippen LogP contribution in [0.1, 0.15) is 0 Å². The summed E-state index contributed by atoms with van der Waals surface area (Å²) in [7, 11) is 0. The minimum atomic E-state index is 1.23. The van der Waals surface area contributed by atoms with Gasteiger partial charge >= 0.3 is 0 Å². The zero-order valence-corrected chi connectivity index (χ0v) is 23.2. The first-order valence-electron chi connectivity index (χ1n) is 14.5. The Morgan fingerprint density at radius 2 is 0.714 bits per heavy atom. The molecular formula is C42H28. The monoisotopic (exact) mass is 532 g/mol. The maximum atomic E-state index is 2.39. The molecule has 0 bridgehead atoms. The second-order valence-electron chi connectivity index (χ2n) is 10.9. The molecule has 8 rings (SSSR count). The van der Waals surface area contributed by atoms with E-state index in [9.17, 15) is 0 Å². The molecule has 0 N–H and O–H groups in total. The molecule has 0 aliphatic rings. The van der Waals surface area contributed by atoms with E-state index in [4.69, 9.17) is 0 Å². The van der Waals surface area contributed by atoms with Gasteiger partial charge in [0.2, 0.25) is 0 Å². The Labute approximate surface area is 246 Å². The first-order valence-corrected chi connectivity index (χ1v) is 14.5. The fourth-order valence-corrected chi connectivity index (χ4v) is 6.51. The fraction of sp³-hybridized carbons (Fsp3) is 0. The summed E-state index contributed by atoms with van der Waals surface area (Å²) in [5.74, 6) is 0. The van der Waals surface area contributed by atoms with Gasteiger partial charge in [0.15, 0.2) is 0 Å². The first-order chi connectivity index (χ1) is 20.8. The van der Waals surface area contributed by atoms with E-state index in [0.29, 0.717) is 0 Å². The van der Waals surface area contributed by atoms with E-state index in [1.165, 1.54) is 76.8 Å². The number of hydrogen-bond acceptors (Lipinski definition) is 0. The molecule has 0 aromatic heterocycles. The average molecular weight is 533 g/mol. The molecule has 0 heterocycles. The minimum Gasteiger partial charge on any atom is -0.0622 e. The van der Waals surface area contributed by atoms with Crippen molar-refractivity contribution in [2.75, 3.05) is 0 Å². The summed E-state index contributed by atoms with van der Waals surface area (Å²) in [5, 5.41) is 7.63. The highest BCUT2D eigenvalue weighted by molar-refractivity contribution is 6.22. The quantitative estimate of drug-likeness (QED) is 0.198. The lowest BCUT2D eigenvalue weighted by Crippen LogP contribution is -1.92. The number of fused-ring (bicyclic) bond motifs is 3. The molecule has 0 spiro atoms. The summed E-state index contributed by atoms with van der Waals surface area (Å²) in [5.41, 5.74) is 9.99. The summed E-state index contributed by atoms with van der Waals surface area (Å²) < 4.78 is 0. The van der Waals surface area contributed by atoms with E-state index < -0.39 is 0 Å². The van der Waals surface area contributed by atoms with Crippen LogP contribution in [0.5, 0.6) is 0 Å². The van der Waals surface area contributed by atoms with E-state index in [2.05, 4.69) is 170 Å². The topological polar surface area (TPSA) is 0 Å². The molecule has 0 amide bonds. The van der Waals surface area contributed by atoms with Gasteiger partial charge in [-0.1, -0.05) is 164 Å². The van der Waals surface area contributed by atoms with Crippen LogP contribution in [0.4, 0.5) is 0 Å². The Balaban J connectivity index is 1.40. The molecule has 8 aromatic rings. The Bertz CT molecular complexity index is 2200. The normalized spacial score (nSPS) is 11.3. The van der Waals surface area contributed by atoms with Crippen molar-refractivity contribution in [1.82, 2.24) is 0 Å². The second kappa shape index (κ2) is 10.2. The molecule has 0 radical (unpaired) electrons. The molecule has 0 atom stereocenters. The fourth-order valence-electron chi connectivity index (χ4n) is 6.51. The molecule has 0 saturated carbocycles. The smallest absolute Gasteiger partial charge is 0.00261 e. The Kier molecular flexibility index (Phi) is 5.90. The van der Waals surface area contributed by atoms with Crippen LogP contribution in [0.25, 0.3) is 76.8 Å². The van der Waals surface area contributed by atoms with E-state index in [-0.39, 0.29) is 0 Å². The third-order valence-corrected chi connectivity index (χ3v) is 8.47. The van der Waals surface area contributed by atoms with Crippen LogP contribution in [0.3, 0.4) is 0 Å². The SMILES string of the molecule is c1ccc(-c2ccc3c(-c4ccccc4)c4ccccc4c(-c4ccc(-c5cccc6ccccc56)cc4)c3c2)cc1. The maximum Gasteiger partial charge on any atom is -0.00261 e. The maximum absolute atomic E-state index is 2.39. The zero-order chi connectivity index (χ0) is 27.9. The Morgan fingerprint density at radius 3 is 1.43 bits per heavy atom. The minimum absolute atomic E-state index is 1.23. The number of benzene rings is 8. The lowest BCUT2D eigenvalue weighted by atomic mass is 9.84. The lowest BCUT2D eigenvalue weighted by molar-refractivity contribution is 1.62. The third-order valence-electron chi connectivity index (χ3n) is 8.47. The van der Waals surface area contributed by atoms with Crippen LogP contribution < -0.4 is 0 Å². The van der Waals surface area contributed by atoms with Crippen LogP contribution in [0, 0.1) is 0 Å². The van der Waals surface area contributed by atoms with E-state index >= 15 is 0 Å². The van der Waals surface area contributed by atoms with Gasteiger partial charge in [-0.25, -0.2) is 0 Å². The molecule has 0 unspecified atom stereocenters. The van der Waals surface area contributed by atoms with Gasteiger partial charge < -0.3 is 0 Å². The standard InChI is InChI=1S/C42H28/c1-3-12-29(13-4-1)34-26-27-39-40(28-34)42(38-20-10-9-19-37(38)41(39)32-15-5-2-6-16-32)33-24-22-31(23-25-33)36-21-11-17-30-14-7-8-18-35(30)36/h1-28H. The highest BCUT2D eigenvalue weighted by Crippen LogP contribution is 2.45. The van der Waals surface area contributed by atoms with Gasteiger partial charge in [-0.3, -0.25) is 0 Å². The van der Waals surface area contributed by atoms with Gasteiger partial charge in [-0.05, 0) is 82.9 Å². The summed E-state index contributed by atoms with van der Waals surface area (Å²) in [6, 6.07) is 61.7. The van der Waals surface area contributed by atoms with Crippen LogP contribution in [0.2, 0.25) is 0 Å². The van der Waals surface area contributed by atoms with Crippen molar-refractivity contribution in [3.63, 3.8) is 0 Å². The molecule has 42 heavy (non-hydrogen) atoms. The van der Waals surface area contributed by atoms with Crippen LogP contribution in [-0.2, 0) is 0 Å². The Morgan fingerprint density at radius 1 is 0.238 bits per heavy atom. The Hall–Kier alpha value is -5.46. The van der Waals surface area contributed by atoms with Crippen LogP contribution in [-0.4, -0.2) is 0 Å². The molecule has 0 heteroatoms. The van der Waals surface area contributed by atoms with E-state index in [0.717, 1.165) is 0 Å². The molecule has 0 nitrogen and oxygen atoms in total. The largest absolute Gasteiger partial charge is 0.0622 e. The van der Waals surface area contributed by atoms with Crippen molar-refractivity contribution in [3.05, 3.63) is 170 Å². The van der Waals surface area contributed by atoms with Gasteiger partial charge in [-0.15, -0.1) is 0 Å². The molecule has 196 valence electrons. The van der Waals surface area contributed by atoms with Crippen molar-refractivity contribution < 1.29 is 0 Å². The summed E-state index contributed by atoms with van der Waals surface area (Å²) in [4.78, 5) is 0. The average Bonchev–Trinajstić information content (AvgIpc) is 3.07. The van der Waals surface area contributed by atoms with Crippen molar-refractivity contribution in [2.45, 2.75) is 0 Å². The second-order valence-corrected chi connectivity index (χ2v) is 10.9. The predicted octanol–water partition coefficient (Wildman–Crippen LogP) is 11.8. The molecule has 0 aliphatic carbocycles. The van der Waals surface area contributed by atoms with Crippen molar-refractivity contribution >= 4 is 32.3 Å². The molecule has 0 aliphatic heterocycles. The van der Waals surface area contributed by atoms with Crippen molar-refractivity contribution in [2.24, 2.45) is 0 Å². The van der Waals surface area contributed by atoms with Crippen molar-refractivity contribution in [3.8, 4) is 44.5 Å². The number of rotatable bonds is 4. The molecular weight excluding hydrogens is 504 g/mol. The number of hydrogen-bond donors (Lipinski definition) is 0. The third kappa shape index (κ3) is 4.08. The molecule has 0 saturated heterocycles. The highest BCUT2D eigenvalue weighted by atomic mass is 14.2. The van der Waals surface area contributed by atoms with E-state index in [1.807, 2.05) is 0 Å². The van der Waals surface area contributed by atoms with E-state index in [1.54, 1.807) is 0 Å². The first kappa shape index (κ1) is 24.3. The predicted molar refractivity (Wildman–Crippen MR) is 181 cm³/mol. The van der Waals surface area contributed by atoms with Gasteiger partial charge in [0.1, 0.15) is 0 Å². The molecule has 0 fully saturated rings. The van der Waals surface area contributed by atoms with Gasteiger partial charge in [-0.2, -0.15) is 0 Å². The molecule has 8 aromatic carbocycles. The summed E-state index contributed by atoms with van der Waals surface area (Å²) >= 11 is 0. The summed E-state index contributed by atoms with van der Waals surface area (Å²) in [6.07, 6.45) is 0. The zero-order valence-electron chi connectivity index (χ0n) is 23.2. The summed E-state index contributed by atoms with van der Waals surface area (Å²) in [6.45, 7) is 0. The van der Waals surface area contributed by atoms with Gasteiger partial charge in [0.05, 0.1) is 0 Å². The van der Waals surface area contributed by atoms with Gasteiger partial charge in [0, 0.05) is 0 Å². The van der Waals surface area contributed by atoms with Gasteiger partial charge in [0.25, 0.3) is 0 Å². The highest BCUT2D eigenvalue weighted by Gasteiger charge is 2.17. The van der Waals surface area contributed by atoms with Crippen LogP contribution in [0.15, 0.2) is 170 Å². The lowest BCUT2D eigenvalue weighted by Gasteiger charge is -2.19. The van der Waals surface area contributed by atoms with Crippen molar-refractivity contribution in [1.29, 1.82) is 0 Å².